The van der Waals surface area contributed by atoms with Gasteiger partial charge in [-0.3, -0.25) is 15.4 Å². The number of nitro benzene ring substituents is 1. The fourth-order valence-electron chi connectivity index (χ4n) is 1.46. The molecule has 0 radical (unpaired) electrons. The highest BCUT2D eigenvalue weighted by Gasteiger charge is 2.24. The first-order valence-corrected chi connectivity index (χ1v) is 5.65. The van der Waals surface area contributed by atoms with E-state index in [1.165, 1.54) is 6.07 Å². The van der Waals surface area contributed by atoms with E-state index in [2.05, 4.69) is 5.32 Å². The summed E-state index contributed by atoms with van der Waals surface area (Å²) in [5, 5.41) is 22.4. The smallest absolute Gasteiger partial charge is 0.272 e. The third-order valence-electron chi connectivity index (χ3n) is 2.46. The topological polar surface area (TPSA) is 88.2 Å². The molecule has 0 amide bonds. The summed E-state index contributed by atoms with van der Waals surface area (Å²) in [5.74, 6) is -0.948. The molecule has 1 N–H and O–H groups in total. The molecule has 1 aromatic rings. The lowest BCUT2D eigenvalue weighted by Gasteiger charge is -2.22. The van der Waals surface area contributed by atoms with Crippen LogP contribution < -0.4 is 10.1 Å². The van der Waals surface area contributed by atoms with Crippen LogP contribution in [0.25, 0.3) is 0 Å². The van der Waals surface area contributed by atoms with Gasteiger partial charge in [0.2, 0.25) is 0 Å². The van der Waals surface area contributed by atoms with Gasteiger partial charge in [-0.25, -0.2) is 4.39 Å². The van der Waals surface area contributed by atoms with Crippen LogP contribution in [0.5, 0.6) is 5.75 Å². The Morgan fingerprint density at radius 1 is 1.63 bits per heavy atom. The van der Waals surface area contributed by atoms with Gasteiger partial charge in [-0.2, -0.15) is 5.26 Å². The number of rotatable bonds is 6. The van der Waals surface area contributed by atoms with Crippen molar-refractivity contribution in [1.82, 2.24) is 5.32 Å². The maximum absolute atomic E-state index is 13.5. The summed E-state index contributed by atoms with van der Waals surface area (Å²) in [7, 11) is 0. The van der Waals surface area contributed by atoms with E-state index in [4.69, 9.17) is 10.00 Å². The van der Waals surface area contributed by atoms with Crippen LogP contribution in [0.15, 0.2) is 18.2 Å². The molecule has 102 valence electrons. The molecule has 1 aromatic carbocycles. The van der Waals surface area contributed by atoms with Crippen LogP contribution in [0.3, 0.4) is 0 Å². The average Bonchev–Trinajstić information content (AvgIpc) is 2.37. The number of nitrogens with zero attached hydrogens (tertiary/aromatic N) is 2. The maximum Gasteiger partial charge on any atom is 0.272 e. The molecule has 1 rings (SSSR count). The minimum atomic E-state index is -0.942. The van der Waals surface area contributed by atoms with Crippen LogP contribution in [0.2, 0.25) is 0 Å². The van der Waals surface area contributed by atoms with Crippen molar-refractivity contribution in [2.24, 2.45) is 0 Å². The minimum Gasteiger partial charge on any atom is -0.487 e. The number of hydrogen-bond acceptors (Lipinski definition) is 5. The van der Waals surface area contributed by atoms with Gasteiger partial charge in [0, 0.05) is 6.07 Å². The number of ether oxygens (including phenoxy) is 1. The van der Waals surface area contributed by atoms with Gasteiger partial charge in [0.05, 0.1) is 17.1 Å². The quantitative estimate of drug-likeness (QED) is 0.629. The third kappa shape index (κ3) is 3.89. The molecule has 0 spiro atoms. The molecule has 0 aromatic heterocycles. The van der Waals surface area contributed by atoms with E-state index in [0.29, 0.717) is 6.54 Å². The van der Waals surface area contributed by atoms with Gasteiger partial charge >= 0.3 is 0 Å². The van der Waals surface area contributed by atoms with E-state index in [0.717, 1.165) is 12.1 Å². The van der Waals surface area contributed by atoms with Crippen molar-refractivity contribution in [3.05, 3.63) is 34.1 Å². The normalized spacial score (nSPS) is 13.4. The Bertz CT molecular complexity index is 515. The molecule has 0 aliphatic rings. The Labute approximate surface area is 109 Å². The number of likely N-dealkylation sites (N-methyl/N-ethyl adjacent to an activating group) is 1. The molecular weight excluding hydrogens is 253 g/mol. The van der Waals surface area contributed by atoms with Gasteiger partial charge in [-0.05, 0) is 19.5 Å². The Morgan fingerprint density at radius 2 is 2.32 bits per heavy atom. The second kappa shape index (κ2) is 6.11. The number of halogens is 1. The number of nitrogens with one attached hydrogen (secondary N) is 1. The molecule has 0 saturated carbocycles. The largest absolute Gasteiger partial charge is 0.487 e. The number of hydrogen-bond donors (Lipinski definition) is 1. The van der Waals surface area contributed by atoms with Crippen LogP contribution in [0.1, 0.15) is 13.8 Å². The first-order chi connectivity index (χ1) is 8.91. The summed E-state index contributed by atoms with van der Waals surface area (Å²) < 4.78 is 18.7. The second-order valence-electron chi connectivity index (χ2n) is 4.13. The molecule has 1 unspecified atom stereocenters. The van der Waals surface area contributed by atoms with Gasteiger partial charge < -0.3 is 4.74 Å². The van der Waals surface area contributed by atoms with Crippen LogP contribution >= 0.6 is 0 Å². The predicted molar refractivity (Wildman–Crippen MR) is 66.2 cm³/mol. The molecule has 0 bridgehead atoms. The van der Waals surface area contributed by atoms with Crippen LogP contribution in [0.4, 0.5) is 10.1 Å². The molecule has 0 fully saturated rings. The zero-order chi connectivity index (χ0) is 14.5. The van der Waals surface area contributed by atoms with Gasteiger partial charge in [0.15, 0.2) is 11.6 Å². The van der Waals surface area contributed by atoms with E-state index in [1.807, 2.05) is 13.0 Å². The Kier molecular flexibility index (Phi) is 4.78. The highest BCUT2D eigenvalue weighted by atomic mass is 19.1. The fourth-order valence-corrected chi connectivity index (χ4v) is 1.46. The van der Waals surface area contributed by atoms with E-state index in [9.17, 15) is 14.5 Å². The molecule has 19 heavy (non-hydrogen) atoms. The van der Waals surface area contributed by atoms with Crippen molar-refractivity contribution in [2.75, 3.05) is 13.2 Å². The first kappa shape index (κ1) is 14.9. The van der Waals surface area contributed by atoms with Crippen molar-refractivity contribution in [1.29, 1.82) is 5.26 Å². The van der Waals surface area contributed by atoms with E-state index in [-0.39, 0.29) is 18.0 Å². The Hall–Kier alpha value is -2.20. The van der Waals surface area contributed by atoms with Crippen molar-refractivity contribution < 1.29 is 14.1 Å². The number of benzene rings is 1. The van der Waals surface area contributed by atoms with Gasteiger partial charge in [0.25, 0.3) is 5.69 Å². The molecule has 6 nitrogen and oxygen atoms in total. The molecule has 1 atom stereocenters. The summed E-state index contributed by atoms with van der Waals surface area (Å²) in [6.45, 7) is 3.96. The van der Waals surface area contributed by atoms with Crippen LogP contribution in [-0.4, -0.2) is 23.6 Å². The number of nitro groups is 1. The predicted octanol–water partition coefficient (Wildman–Crippen LogP) is 2.00. The van der Waals surface area contributed by atoms with Crippen molar-refractivity contribution in [2.45, 2.75) is 19.4 Å². The van der Waals surface area contributed by atoms with E-state index < -0.39 is 16.3 Å². The van der Waals surface area contributed by atoms with Gasteiger partial charge in [-0.15, -0.1) is 0 Å². The lowest BCUT2D eigenvalue weighted by Crippen LogP contribution is -2.46. The fraction of sp³-hybridized carbons (Fsp3) is 0.417. The molecule has 0 aliphatic carbocycles. The average molecular weight is 267 g/mol. The SMILES string of the molecule is CCNC(C)(C#N)COc1ccc([N+](=O)[O-])cc1F. The Morgan fingerprint density at radius 3 is 2.79 bits per heavy atom. The summed E-state index contributed by atoms with van der Waals surface area (Å²) in [6.07, 6.45) is 0. The van der Waals surface area contributed by atoms with Crippen molar-refractivity contribution in [3.8, 4) is 11.8 Å². The zero-order valence-electron chi connectivity index (χ0n) is 10.6. The monoisotopic (exact) mass is 267 g/mol. The van der Waals surface area contributed by atoms with E-state index >= 15 is 0 Å². The number of nitriles is 1. The van der Waals surface area contributed by atoms with Gasteiger partial charge in [-0.1, -0.05) is 6.92 Å². The van der Waals surface area contributed by atoms with Crippen molar-refractivity contribution >= 4 is 5.69 Å². The lowest BCUT2D eigenvalue weighted by atomic mass is 10.1. The second-order valence-corrected chi connectivity index (χ2v) is 4.13. The molecular formula is C12H14FN3O3. The van der Waals surface area contributed by atoms with Gasteiger partial charge in [0.1, 0.15) is 12.1 Å². The lowest BCUT2D eigenvalue weighted by molar-refractivity contribution is -0.385. The van der Waals surface area contributed by atoms with Crippen LogP contribution in [0, 0.1) is 27.3 Å². The Balaban J connectivity index is 2.79. The summed E-state index contributed by atoms with van der Waals surface area (Å²) in [6, 6.07) is 5.14. The molecule has 7 heteroatoms. The first-order valence-electron chi connectivity index (χ1n) is 5.65. The minimum absolute atomic E-state index is 0.0634. The molecule has 0 aliphatic heterocycles. The molecule has 0 saturated heterocycles. The van der Waals surface area contributed by atoms with Crippen molar-refractivity contribution in [3.63, 3.8) is 0 Å². The summed E-state index contributed by atoms with van der Waals surface area (Å²) >= 11 is 0. The maximum atomic E-state index is 13.5. The standard InChI is InChI=1S/C12H14FN3O3/c1-3-15-12(2,7-14)8-19-11-5-4-9(16(17)18)6-10(11)13/h4-6,15H,3,8H2,1-2H3. The summed E-state index contributed by atoms with van der Waals surface area (Å²) in [4.78, 5) is 9.77. The zero-order valence-corrected chi connectivity index (χ0v) is 10.6. The van der Waals surface area contributed by atoms with Crippen LogP contribution in [-0.2, 0) is 0 Å². The summed E-state index contributed by atoms with van der Waals surface area (Å²) in [5.41, 5.74) is -1.29. The third-order valence-corrected chi connectivity index (χ3v) is 2.46. The highest BCUT2D eigenvalue weighted by Crippen LogP contribution is 2.23. The number of non-ortho nitro benzene ring substituents is 1. The van der Waals surface area contributed by atoms with E-state index in [1.54, 1.807) is 6.92 Å². The highest BCUT2D eigenvalue weighted by molar-refractivity contribution is 5.37. The molecule has 0 heterocycles.